The van der Waals surface area contributed by atoms with Gasteiger partial charge in [-0.25, -0.2) is 9.59 Å². The molecule has 2 heterocycles. The van der Waals surface area contributed by atoms with E-state index in [-0.39, 0.29) is 21.9 Å². The van der Waals surface area contributed by atoms with E-state index in [1.54, 1.807) is 36.4 Å². The first-order valence-electron chi connectivity index (χ1n) is 8.28. The molecule has 4 aromatic rings. The van der Waals surface area contributed by atoms with E-state index < -0.39 is 11.6 Å². The molecule has 0 aliphatic heterocycles. The standard InChI is InChI=1S/C21H13ClO5S/c22-16-9-13-8-15(21(26)27-18(13)10-17(16)23)19-6-5-14(28-19)7-11-1-3-12(4-2-11)20(24)25/h1-6,8-10,23H,7H2,(H,24,25). The number of fused-ring (bicyclic) bond motifs is 1. The van der Waals surface area contributed by atoms with E-state index in [0.717, 1.165) is 15.3 Å². The van der Waals surface area contributed by atoms with E-state index in [0.29, 0.717) is 17.4 Å². The molecule has 0 saturated carbocycles. The number of carboxylic acid groups (broad SMARTS) is 1. The summed E-state index contributed by atoms with van der Waals surface area (Å²) in [7, 11) is 0. The highest BCUT2D eigenvalue weighted by atomic mass is 35.5. The summed E-state index contributed by atoms with van der Waals surface area (Å²) in [4.78, 5) is 25.1. The zero-order valence-electron chi connectivity index (χ0n) is 14.3. The van der Waals surface area contributed by atoms with Crippen molar-refractivity contribution in [3.8, 4) is 16.2 Å². The van der Waals surface area contributed by atoms with Crippen molar-refractivity contribution in [1.29, 1.82) is 0 Å². The summed E-state index contributed by atoms with van der Waals surface area (Å²) in [5, 5.41) is 19.4. The fraction of sp³-hybridized carbons (Fsp3) is 0.0476. The molecule has 0 aliphatic carbocycles. The number of carboxylic acids is 1. The lowest BCUT2D eigenvalue weighted by molar-refractivity contribution is 0.0697. The van der Waals surface area contributed by atoms with Crippen molar-refractivity contribution >= 4 is 39.9 Å². The maximum absolute atomic E-state index is 12.4. The maximum Gasteiger partial charge on any atom is 0.345 e. The number of phenols is 1. The van der Waals surface area contributed by atoms with Crippen LogP contribution < -0.4 is 5.63 Å². The van der Waals surface area contributed by atoms with E-state index in [1.807, 2.05) is 12.1 Å². The first kappa shape index (κ1) is 18.3. The van der Waals surface area contributed by atoms with Gasteiger partial charge in [-0.1, -0.05) is 23.7 Å². The largest absolute Gasteiger partial charge is 0.506 e. The third-order valence-electron chi connectivity index (χ3n) is 4.31. The Morgan fingerprint density at radius 3 is 2.54 bits per heavy atom. The Kier molecular flexibility index (Phi) is 4.66. The highest BCUT2D eigenvalue weighted by Gasteiger charge is 2.13. The van der Waals surface area contributed by atoms with Crippen molar-refractivity contribution in [2.45, 2.75) is 6.42 Å². The van der Waals surface area contributed by atoms with Crippen molar-refractivity contribution in [3.63, 3.8) is 0 Å². The van der Waals surface area contributed by atoms with E-state index in [1.165, 1.54) is 17.4 Å². The van der Waals surface area contributed by atoms with Crippen molar-refractivity contribution in [2.24, 2.45) is 0 Å². The number of hydrogen-bond acceptors (Lipinski definition) is 5. The molecule has 0 radical (unpaired) electrons. The van der Waals surface area contributed by atoms with Gasteiger partial charge in [-0.3, -0.25) is 0 Å². The Balaban J connectivity index is 1.65. The molecule has 0 unspecified atom stereocenters. The summed E-state index contributed by atoms with van der Waals surface area (Å²) >= 11 is 7.41. The van der Waals surface area contributed by atoms with Gasteiger partial charge in [0.1, 0.15) is 11.3 Å². The van der Waals surface area contributed by atoms with Crippen molar-refractivity contribution < 1.29 is 19.4 Å². The fourth-order valence-corrected chi connectivity index (χ4v) is 4.10. The molecule has 7 heteroatoms. The molecule has 5 nitrogen and oxygen atoms in total. The van der Waals surface area contributed by atoms with Crippen LogP contribution in [0.5, 0.6) is 5.75 Å². The number of halogens is 1. The Hall–Kier alpha value is -3.09. The second kappa shape index (κ2) is 7.14. The quantitative estimate of drug-likeness (QED) is 0.451. The van der Waals surface area contributed by atoms with Crippen molar-refractivity contribution in [1.82, 2.24) is 0 Å². The summed E-state index contributed by atoms with van der Waals surface area (Å²) in [5.74, 6) is -1.10. The smallest absolute Gasteiger partial charge is 0.345 e. The minimum atomic E-state index is -0.957. The lowest BCUT2D eigenvalue weighted by Crippen LogP contribution is -2.01. The predicted octanol–water partition coefficient (Wildman–Crippen LogP) is 5.17. The van der Waals surface area contributed by atoms with Crippen LogP contribution in [0.3, 0.4) is 0 Å². The van der Waals surface area contributed by atoms with Gasteiger partial charge in [0.05, 0.1) is 16.1 Å². The lowest BCUT2D eigenvalue weighted by Gasteiger charge is -2.03. The number of carbonyl (C=O) groups is 1. The second-order valence-corrected chi connectivity index (χ2v) is 7.81. The molecular formula is C21H13ClO5S. The summed E-state index contributed by atoms with van der Waals surface area (Å²) in [6.07, 6.45) is 0.628. The SMILES string of the molecule is O=C(O)c1ccc(Cc2ccc(-c3cc4cc(Cl)c(O)cc4oc3=O)s2)cc1. The van der Waals surface area contributed by atoms with E-state index in [4.69, 9.17) is 21.1 Å². The number of phenolic OH excluding ortho intramolecular Hbond substituents is 1. The van der Waals surface area contributed by atoms with Crippen LogP contribution in [0, 0.1) is 0 Å². The molecule has 0 saturated heterocycles. The normalized spacial score (nSPS) is 11.0. The van der Waals surface area contributed by atoms with Crippen LogP contribution in [0.25, 0.3) is 21.4 Å². The van der Waals surface area contributed by atoms with Crippen LogP contribution in [0.2, 0.25) is 5.02 Å². The lowest BCUT2D eigenvalue weighted by atomic mass is 10.1. The Morgan fingerprint density at radius 1 is 1.07 bits per heavy atom. The third-order valence-corrected chi connectivity index (χ3v) is 5.73. The molecule has 2 aromatic carbocycles. The van der Waals surface area contributed by atoms with Crippen LogP contribution in [0.15, 0.2) is 63.8 Å². The van der Waals surface area contributed by atoms with Crippen LogP contribution in [-0.2, 0) is 6.42 Å². The zero-order chi connectivity index (χ0) is 19.8. The predicted molar refractivity (Wildman–Crippen MR) is 109 cm³/mol. The van der Waals surface area contributed by atoms with Gasteiger partial charge < -0.3 is 14.6 Å². The van der Waals surface area contributed by atoms with E-state index in [9.17, 15) is 14.7 Å². The first-order chi connectivity index (χ1) is 13.4. The van der Waals surface area contributed by atoms with Crippen LogP contribution >= 0.6 is 22.9 Å². The van der Waals surface area contributed by atoms with Gasteiger partial charge >= 0.3 is 11.6 Å². The third kappa shape index (κ3) is 3.52. The zero-order valence-corrected chi connectivity index (χ0v) is 15.9. The monoisotopic (exact) mass is 412 g/mol. The Labute approximate surface area is 168 Å². The van der Waals surface area contributed by atoms with Crippen LogP contribution in [-0.4, -0.2) is 16.2 Å². The van der Waals surface area contributed by atoms with Crippen LogP contribution in [0.4, 0.5) is 0 Å². The van der Waals surface area contributed by atoms with Gasteiger partial charge in [0, 0.05) is 27.6 Å². The van der Waals surface area contributed by atoms with Gasteiger partial charge in [-0.15, -0.1) is 11.3 Å². The van der Waals surface area contributed by atoms with E-state index in [2.05, 4.69) is 0 Å². The molecule has 0 bridgehead atoms. The minimum Gasteiger partial charge on any atom is -0.506 e. The molecule has 4 rings (SSSR count). The van der Waals surface area contributed by atoms with Crippen LogP contribution in [0.1, 0.15) is 20.8 Å². The van der Waals surface area contributed by atoms with Crippen molar-refractivity contribution in [2.75, 3.05) is 0 Å². The molecule has 0 aliphatic rings. The molecule has 0 fully saturated rings. The number of hydrogen-bond donors (Lipinski definition) is 2. The Bertz CT molecular complexity index is 1250. The topological polar surface area (TPSA) is 87.7 Å². The van der Waals surface area contributed by atoms with Crippen molar-refractivity contribution in [3.05, 3.63) is 86.0 Å². The second-order valence-electron chi connectivity index (χ2n) is 6.23. The fourth-order valence-electron chi connectivity index (χ4n) is 2.88. The van der Waals surface area contributed by atoms with Gasteiger partial charge in [0.15, 0.2) is 0 Å². The number of thiophene rings is 1. The molecule has 0 spiro atoms. The molecule has 28 heavy (non-hydrogen) atoms. The van der Waals surface area contributed by atoms with Gasteiger partial charge in [0.25, 0.3) is 0 Å². The minimum absolute atomic E-state index is 0.141. The molecule has 2 N–H and O–H groups in total. The Morgan fingerprint density at radius 2 is 1.82 bits per heavy atom. The number of aromatic hydroxyl groups is 1. The van der Waals surface area contributed by atoms with E-state index >= 15 is 0 Å². The molecule has 2 aromatic heterocycles. The maximum atomic E-state index is 12.4. The number of rotatable bonds is 4. The molecular weight excluding hydrogens is 400 g/mol. The summed E-state index contributed by atoms with van der Waals surface area (Å²) in [5.41, 5.74) is 1.42. The molecule has 140 valence electrons. The average Bonchev–Trinajstić information content (AvgIpc) is 3.11. The highest BCUT2D eigenvalue weighted by molar-refractivity contribution is 7.15. The highest BCUT2D eigenvalue weighted by Crippen LogP contribution is 2.32. The van der Waals surface area contributed by atoms with Gasteiger partial charge in [-0.2, -0.15) is 0 Å². The average molecular weight is 413 g/mol. The van der Waals surface area contributed by atoms with Gasteiger partial charge in [0.2, 0.25) is 0 Å². The number of aromatic carboxylic acids is 1. The molecule has 0 amide bonds. The molecule has 0 atom stereocenters. The first-order valence-corrected chi connectivity index (χ1v) is 9.48. The summed E-state index contributed by atoms with van der Waals surface area (Å²) < 4.78 is 5.32. The van der Waals surface area contributed by atoms with Gasteiger partial charge in [-0.05, 0) is 42.0 Å². The number of benzene rings is 2. The summed E-state index contributed by atoms with van der Waals surface area (Å²) in [6, 6.07) is 15.1. The summed E-state index contributed by atoms with van der Waals surface area (Å²) in [6.45, 7) is 0.